The summed E-state index contributed by atoms with van der Waals surface area (Å²) in [6.07, 6.45) is 1.66. The number of hydrogen-bond donors (Lipinski definition) is 1. The molecular weight excluding hydrogens is 154 g/mol. The van der Waals surface area contributed by atoms with Crippen LogP contribution in [0.3, 0.4) is 0 Å². The number of ether oxygens (including phenoxy) is 1. The summed E-state index contributed by atoms with van der Waals surface area (Å²) in [7, 11) is 0. The zero-order chi connectivity index (χ0) is 9.61. The molecule has 0 spiro atoms. The van der Waals surface area contributed by atoms with Crippen LogP contribution in [-0.4, -0.2) is 19.1 Å². The molecule has 0 aromatic heterocycles. The van der Waals surface area contributed by atoms with E-state index in [4.69, 9.17) is 10.5 Å². The van der Waals surface area contributed by atoms with E-state index in [9.17, 15) is 4.79 Å². The van der Waals surface area contributed by atoms with Crippen molar-refractivity contribution in [3.8, 4) is 0 Å². The third-order valence-corrected chi connectivity index (χ3v) is 1.83. The molecule has 0 rings (SSSR count). The molecule has 0 aliphatic carbocycles. The van der Waals surface area contributed by atoms with Crippen molar-refractivity contribution in [2.24, 2.45) is 11.1 Å². The van der Waals surface area contributed by atoms with Gasteiger partial charge >= 0.3 is 5.97 Å². The lowest BCUT2D eigenvalue weighted by Crippen LogP contribution is -2.27. The molecule has 0 aromatic rings. The van der Waals surface area contributed by atoms with Crippen molar-refractivity contribution in [2.45, 2.75) is 33.6 Å². The van der Waals surface area contributed by atoms with Gasteiger partial charge in [-0.2, -0.15) is 0 Å². The van der Waals surface area contributed by atoms with E-state index in [1.165, 1.54) is 0 Å². The quantitative estimate of drug-likeness (QED) is 0.638. The predicted molar refractivity (Wildman–Crippen MR) is 48.7 cm³/mol. The summed E-state index contributed by atoms with van der Waals surface area (Å²) in [4.78, 5) is 11.3. The fourth-order valence-corrected chi connectivity index (χ4v) is 0.973. The molecule has 0 aliphatic rings. The zero-order valence-corrected chi connectivity index (χ0v) is 8.22. The highest BCUT2D eigenvalue weighted by molar-refractivity contribution is 5.75. The minimum Gasteiger partial charge on any atom is -0.466 e. The fourth-order valence-electron chi connectivity index (χ4n) is 0.973. The average Bonchev–Trinajstić information content (AvgIpc) is 2.01. The highest BCUT2D eigenvalue weighted by Gasteiger charge is 2.27. The first-order chi connectivity index (χ1) is 5.54. The summed E-state index contributed by atoms with van der Waals surface area (Å²) < 4.78 is 4.92. The molecule has 0 atom stereocenters. The molecule has 0 aromatic carbocycles. The Bertz CT molecular complexity index is 143. The molecule has 0 fully saturated rings. The van der Waals surface area contributed by atoms with E-state index < -0.39 is 0 Å². The number of esters is 1. The lowest BCUT2D eigenvalue weighted by Gasteiger charge is -2.21. The van der Waals surface area contributed by atoms with Gasteiger partial charge in [0.1, 0.15) is 0 Å². The van der Waals surface area contributed by atoms with E-state index in [2.05, 4.69) is 0 Å². The van der Waals surface area contributed by atoms with E-state index in [0.717, 1.165) is 12.8 Å². The van der Waals surface area contributed by atoms with Gasteiger partial charge in [-0.25, -0.2) is 0 Å². The number of carbonyl (C=O) groups excluding carboxylic acids is 1. The molecule has 3 nitrogen and oxygen atoms in total. The van der Waals surface area contributed by atoms with Gasteiger partial charge in [-0.1, -0.05) is 0 Å². The maximum atomic E-state index is 11.3. The summed E-state index contributed by atoms with van der Waals surface area (Å²) >= 11 is 0. The van der Waals surface area contributed by atoms with Gasteiger partial charge < -0.3 is 10.5 Å². The lowest BCUT2D eigenvalue weighted by atomic mass is 9.88. The van der Waals surface area contributed by atoms with Gasteiger partial charge in [0, 0.05) is 0 Å². The number of nitrogens with two attached hydrogens (primary N) is 1. The summed E-state index contributed by atoms with van der Waals surface area (Å²) in [5.41, 5.74) is 4.98. The van der Waals surface area contributed by atoms with Crippen LogP contribution in [0.5, 0.6) is 0 Å². The Balaban J connectivity index is 3.90. The van der Waals surface area contributed by atoms with Crippen molar-refractivity contribution in [1.82, 2.24) is 0 Å². The first kappa shape index (κ1) is 11.4. The first-order valence-corrected chi connectivity index (χ1v) is 4.42. The molecule has 0 aliphatic heterocycles. The van der Waals surface area contributed by atoms with Crippen molar-refractivity contribution in [3.63, 3.8) is 0 Å². The summed E-state index contributed by atoms with van der Waals surface area (Å²) in [5.74, 6) is -0.126. The Kier molecular flexibility index (Phi) is 4.90. The highest BCUT2D eigenvalue weighted by atomic mass is 16.5. The van der Waals surface area contributed by atoms with Gasteiger partial charge in [0.05, 0.1) is 12.0 Å². The van der Waals surface area contributed by atoms with E-state index in [0.29, 0.717) is 13.2 Å². The van der Waals surface area contributed by atoms with Crippen LogP contribution in [0, 0.1) is 5.41 Å². The van der Waals surface area contributed by atoms with Crippen LogP contribution in [0.25, 0.3) is 0 Å². The van der Waals surface area contributed by atoms with Gasteiger partial charge in [0.25, 0.3) is 0 Å². The van der Waals surface area contributed by atoms with E-state index >= 15 is 0 Å². The SMILES string of the molecule is CCOC(=O)C(C)(C)CCCN. The molecule has 3 heteroatoms. The molecule has 0 saturated carbocycles. The summed E-state index contributed by atoms with van der Waals surface area (Å²) in [5, 5.41) is 0. The molecular formula is C9H19NO2. The van der Waals surface area contributed by atoms with Crippen molar-refractivity contribution in [3.05, 3.63) is 0 Å². The smallest absolute Gasteiger partial charge is 0.311 e. The predicted octanol–water partition coefficient (Wildman–Crippen LogP) is 1.31. The van der Waals surface area contributed by atoms with Crippen molar-refractivity contribution in [1.29, 1.82) is 0 Å². The highest BCUT2D eigenvalue weighted by Crippen LogP contribution is 2.23. The Morgan fingerprint density at radius 1 is 1.50 bits per heavy atom. The maximum Gasteiger partial charge on any atom is 0.311 e. The fraction of sp³-hybridized carbons (Fsp3) is 0.889. The van der Waals surface area contributed by atoms with Crippen molar-refractivity contribution < 1.29 is 9.53 Å². The Hall–Kier alpha value is -0.570. The van der Waals surface area contributed by atoms with Gasteiger partial charge in [-0.15, -0.1) is 0 Å². The van der Waals surface area contributed by atoms with Crippen LogP contribution in [0.15, 0.2) is 0 Å². The number of hydrogen-bond acceptors (Lipinski definition) is 3. The molecule has 2 N–H and O–H groups in total. The molecule has 72 valence electrons. The molecule has 0 heterocycles. The van der Waals surface area contributed by atoms with Gasteiger partial charge in [0.2, 0.25) is 0 Å². The minimum atomic E-state index is -0.380. The van der Waals surface area contributed by atoms with E-state index in [1.54, 1.807) is 0 Å². The molecule has 0 amide bonds. The molecule has 12 heavy (non-hydrogen) atoms. The first-order valence-electron chi connectivity index (χ1n) is 4.42. The topological polar surface area (TPSA) is 52.3 Å². The lowest BCUT2D eigenvalue weighted by molar-refractivity contribution is -0.153. The second-order valence-corrected chi connectivity index (χ2v) is 3.50. The Morgan fingerprint density at radius 2 is 2.08 bits per heavy atom. The average molecular weight is 173 g/mol. The van der Waals surface area contributed by atoms with E-state index in [-0.39, 0.29) is 11.4 Å². The largest absolute Gasteiger partial charge is 0.466 e. The van der Waals surface area contributed by atoms with Gasteiger partial charge in [-0.3, -0.25) is 4.79 Å². The third-order valence-electron chi connectivity index (χ3n) is 1.83. The second-order valence-electron chi connectivity index (χ2n) is 3.50. The minimum absolute atomic E-state index is 0.126. The van der Waals surface area contributed by atoms with Crippen LogP contribution in [-0.2, 0) is 9.53 Å². The van der Waals surface area contributed by atoms with Gasteiger partial charge in [-0.05, 0) is 40.2 Å². The molecule has 0 bridgehead atoms. The second kappa shape index (κ2) is 5.14. The van der Waals surface area contributed by atoms with Crippen LogP contribution >= 0.6 is 0 Å². The van der Waals surface area contributed by atoms with E-state index in [1.807, 2.05) is 20.8 Å². The monoisotopic (exact) mass is 173 g/mol. The normalized spacial score (nSPS) is 11.3. The standard InChI is InChI=1S/C9H19NO2/c1-4-12-8(11)9(2,3)6-5-7-10/h4-7,10H2,1-3H3. The van der Waals surface area contributed by atoms with Crippen LogP contribution < -0.4 is 5.73 Å². The molecule has 0 saturated heterocycles. The Morgan fingerprint density at radius 3 is 2.50 bits per heavy atom. The zero-order valence-electron chi connectivity index (χ0n) is 8.22. The molecule has 0 radical (unpaired) electrons. The molecule has 0 unspecified atom stereocenters. The number of rotatable bonds is 5. The summed E-state index contributed by atoms with van der Waals surface area (Å²) in [6.45, 7) is 6.67. The van der Waals surface area contributed by atoms with Crippen molar-refractivity contribution >= 4 is 5.97 Å². The van der Waals surface area contributed by atoms with Crippen LogP contribution in [0.4, 0.5) is 0 Å². The third kappa shape index (κ3) is 3.72. The number of carbonyl (C=O) groups is 1. The van der Waals surface area contributed by atoms with Gasteiger partial charge in [0.15, 0.2) is 0 Å². The Labute approximate surface area is 74.3 Å². The summed E-state index contributed by atoms with van der Waals surface area (Å²) in [6, 6.07) is 0. The van der Waals surface area contributed by atoms with Crippen LogP contribution in [0.2, 0.25) is 0 Å². The van der Waals surface area contributed by atoms with Crippen LogP contribution in [0.1, 0.15) is 33.6 Å². The maximum absolute atomic E-state index is 11.3. The van der Waals surface area contributed by atoms with Crippen molar-refractivity contribution in [2.75, 3.05) is 13.2 Å².